The maximum absolute atomic E-state index is 11.5. The van der Waals surface area contributed by atoms with E-state index in [0.29, 0.717) is 12.3 Å². The molecule has 5 nitrogen and oxygen atoms in total. The van der Waals surface area contributed by atoms with E-state index in [1.165, 1.54) is 0 Å². The number of nitrogens with two attached hydrogens (primary N) is 1. The lowest BCUT2D eigenvalue weighted by molar-refractivity contribution is -0.116. The highest BCUT2D eigenvalue weighted by molar-refractivity contribution is 5.95. The minimum absolute atomic E-state index is 0.0767. The number of nitrogens with zero attached hydrogens (tertiary/aromatic N) is 1. The molecule has 2 aliphatic rings. The van der Waals surface area contributed by atoms with Crippen molar-refractivity contribution in [3.8, 4) is 0 Å². The molecule has 1 aromatic carbocycles. The maximum Gasteiger partial charge on any atom is 0.224 e. The topological polar surface area (TPSA) is 78.6 Å². The summed E-state index contributed by atoms with van der Waals surface area (Å²) in [6.45, 7) is 2.13. The van der Waals surface area contributed by atoms with Gasteiger partial charge >= 0.3 is 0 Å². The van der Waals surface area contributed by atoms with Gasteiger partial charge in [0, 0.05) is 31.8 Å². The average Bonchev–Trinajstić information content (AvgIpc) is 2.87. The number of hydrogen-bond acceptors (Lipinski definition) is 4. The van der Waals surface area contributed by atoms with Crippen molar-refractivity contribution in [2.24, 2.45) is 5.92 Å². The van der Waals surface area contributed by atoms with Crippen LogP contribution in [0.3, 0.4) is 0 Å². The number of carbonyl (C=O) groups excluding carboxylic acids is 1. The van der Waals surface area contributed by atoms with Crippen LogP contribution in [-0.2, 0) is 11.2 Å². The van der Waals surface area contributed by atoms with Gasteiger partial charge in [-0.05, 0) is 42.9 Å². The quantitative estimate of drug-likeness (QED) is 0.728. The van der Waals surface area contributed by atoms with Gasteiger partial charge in [0.25, 0.3) is 0 Å². The van der Waals surface area contributed by atoms with E-state index in [1.807, 2.05) is 12.1 Å². The highest BCUT2D eigenvalue weighted by Gasteiger charge is 2.25. The maximum atomic E-state index is 11.5. The van der Waals surface area contributed by atoms with Crippen LogP contribution in [0.4, 0.5) is 17.1 Å². The van der Waals surface area contributed by atoms with Crippen LogP contribution in [0.25, 0.3) is 0 Å². The van der Waals surface area contributed by atoms with Crippen molar-refractivity contribution in [3.63, 3.8) is 0 Å². The highest BCUT2D eigenvalue weighted by Crippen LogP contribution is 2.36. The van der Waals surface area contributed by atoms with Crippen LogP contribution in [0.15, 0.2) is 12.1 Å². The Morgan fingerprint density at radius 1 is 1.40 bits per heavy atom. The zero-order valence-corrected chi connectivity index (χ0v) is 11.6. The zero-order valence-electron chi connectivity index (χ0n) is 11.6. The molecule has 0 saturated carbocycles. The molecule has 1 atom stereocenters. The molecule has 0 aromatic heterocycles. The van der Waals surface area contributed by atoms with E-state index in [2.05, 4.69) is 10.2 Å². The fourth-order valence-electron chi connectivity index (χ4n) is 3.18. The number of nitrogen functional groups attached to an aromatic ring is 1. The summed E-state index contributed by atoms with van der Waals surface area (Å²) >= 11 is 0. The predicted molar refractivity (Wildman–Crippen MR) is 79.8 cm³/mol. The van der Waals surface area contributed by atoms with Crippen molar-refractivity contribution in [2.45, 2.75) is 25.7 Å². The van der Waals surface area contributed by atoms with Gasteiger partial charge in [-0.25, -0.2) is 0 Å². The Morgan fingerprint density at radius 2 is 2.25 bits per heavy atom. The number of hydrogen-bond donors (Lipinski definition) is 3. The number of aryl methyl sites for hydroxylation is 1. The highest BCUT2D eigenvalue weighted by atomic mass is 16.3. The number of aliphatic hydroxyl groups is 1. The molecule has 4 N–H and O–H groups in total. The second-order valence-corrected chi connectivity index (χ2v) is 5.73. The number of carbonyl (C=O) groups is 1. The summed E-state index contributed by atoms with van der Waals surface area (Å²) in [6.07, 6.45) is 3.23. The molecule has 1 aromatic rings. The lowest BCUT2D eigenvalue weighted by Gasteiger charge is -2.25. The fraction of sp³-hybridized carbons (Fsp3) is 0.533. The number of nitrogens with one attached hydrogen (secondary N) is 1. The summed E-state index contributed by atoms with van der Waals surface area (Å²) in [5.41, 5.74) is 9.98. The normalized spacial score (nSPS) is 21.8. The third kappa shape index (κ3) is 2.45. The standard InChI is InChI=1S/C15H21N3O2/c16-12-7-11-1-2-15(20)17-13(11)8-14(12)18-5-3-10(9-18)4-6-19/h7-8,10,19H,1-6,9,16H2,(H,17,20). The first-order valence-electron chi connectivity index (χ1n) is 7.25. The molecule has 0 spiro atoms. The summed E-state index contributed by atoms with van der Waals surface area (Å²) in [7, 11) is 0. The SMILES string of the molecule is Nc1cc2c(cc1N1CCC(CCO)C1)NC(=O)CC2. The van der Waals surface area contributed by atoms with E-state index in [4.69, 9.17) is 10.8 Å². The Kier molecular flexibility index (Phi) is 3.53. The molecule has 5 heteroatoms. The van der Waals surface area contributed by atoms with E-state index in [1.54, 1.807) is 0 Å². The summed E-state index contributed by atoms with van der Waals surface area (Å²) < 4.78 is 0. The molecule has 0 aliphatic carbocycles. The molecule has 2 heterocycles. The molecule has 108 valence electrons. The molecule has 1 amide bonds. The molecule has 1 saturated heterocycles. The number of amides is 1. The zero-order chi connectivity index (χ0) is 14.1. The summed E-state index contributed by atoms with van der Waals surface area (Å²) in [5.74, 6) is 0.609. The van der Waals surface area contributed by atoms with E-state index < -0.39 is 0 Å². The van der Waals surface area contributed by atoms with Gasteiger partial charge in [0.05, 0.1) is 11.4 Å². The Hall–Kier alpha value is -1.75. The van der Waals surface area contributed by atoms with Crippen LogP contribution in [0, 0.1) is 5.92 Å². The molecule has 1 unspecified atom stereocenters. The van der Waals surface area contributed by atoms with Gasteiger partial charge in [-0.3, -0.25) is 4.79 Å². The van der Waals surface area contributed by atoms with Crippen molar-refractivity contribution in [1.29, 1.82) is 0 Å². The van der Waals surface area contributed by atoms with E-state index in [0.717, 1.165) is 55.0 Å². The molecule has 20 heavy (non-hydrogen) atoms. The lowest BCUT2D eigenvalue weighted by Crippen LogP contribution is -2.23. The molecule has 2 aliphatic heterocycles. The van der Waals surface area contributed by atoms with Crippen LogP contribution >= 0.6 is 0 Å². The number of aliphatic hydroxyl groups excluding tert-OH is 1. The summed E-state index contributed by atoms with van der Waals surface area (Å²) in [6, 6.07) is 3.99. The molecule has 1 fully saturated rings. The summed E-state index contributed by atoms with van der Waals surface area (Å²) in [4.78, 5) is 13.8. The van der Waals surface area contributed by atoms with Crippen LogP contribution in [0.5, 0.6) is 0 Å². The third-order valence-corrected chi connectivity index (χ3v) is 4.31. The van der Waals surface area contributed by atoms with Crippen LogP contribution in [-0.4, -0.2) is 30.7 Å². The Labute approximate surface area is 118 Å². The Bertz CT molecular complexity index is 530. The number of rotatable bonds is 3. The van der Waals surface area contributed by atoms with E-state index >= 15 is 0 Å². The van der Waals surface area contributed by atoms with Crippen molar-refractivity contribution in [1.82, 2.24) is 0 Å². The summed E-state index contributed by atoms with van der Waals surface area (Å²) in [5, 5.41) is 12.0. The number of fused-ring (bicyclic) bond motifs is 1. The Morgan fingerprint density at radius 3 is 3.05 bits per heavy atom. The first kappa shape index (κ1) is 13.2. The van der Waals surface area contributed by atoms with Gasteiger partial charge in [0.15, 0.2) is 0 Å². The minimum Gasteiger partial charge on any atom is -0.397 e. The number of anilines is 3. The van der Waals surface area contributed by atoms with Crippen LogP contribution in [0.2, 0.25) is 0 Å². The molecule has 0 bridgehead atoms. The minimum atomic E-state index is 0.0767. The second kappa shape index (κ2) is 5.32. The molecule has 3 rings (SSSR count). The van der Waals surface area contributed by atoms with Gasteiger partial charge < -0.3 is 21.1 Å². The van der Waals surface area contributed by atoms with E-state index in [9.17, 15) is 4.79 Å². The lowest BCUT2D eigenvalue weighted by atomic mass is 10.0. The van der Waals surface area contributed by atoms with E-state index in [-0.39, 0.29) is 12.5 Å². The van der Waals surface area contributed by atoms with Crippen molar-refractivity contribution in [3.05, 3.63) is 17.7 Å². The van der Waals surface area contributed by atoms with Crippen molar-refractivity contribution >= 4 is 23.0 Å². The third-order valence-electron chi connectivity index (χ3n) is 4.31. The molecule has 0 radical (unpaired) electrons. The first-order valence-corrected chi connectivity index (χ1v) is 7.25. The van der Waals surface area contributed by atoms with Crippen molar-refractivity contribution in [2.75, 3.05) is 35.6 Å². The first-order chi connectivity index (χ1) is 9.67. The monoisotopic (exact) mass is 275 g/mol. The number of benzene rings is 1. The van der Waals surface area contributed by atoms with Crippen LogP contribution in [0.1, 0.15) is 24.8 Å². The van der Waals surface area contributed by atoms with Crippen molar-refractivity contribution < 1.29 is 9.90 Å². The average molecular weight is 275 g/mol. The Balaban J connectivity index is 1.83. The van der Waals surface area contributed by atoms with Crippen LogP contribution < -0.4 is 16.0 Å². The molecular weight excluding hydrogens is 254 g/mol. The van der Waals surface area contributed by atoms with Gasteiger partial charge in [-0.15, -0.1) is 0 Å². The van der Waals surface area contributed by atoms with Gasteiger partial charge in [-0.1, -0.05) is 0 Å². The molecular formula is C15H21N3O2. The smallest absolute Gasteiger partial charge is 0.224 e. The second-order valence-electron chi connectivity index (χ2n) is 5.73. The van der Waals surface area contributed by atoms with Gasteiger partial charge in [0.2, 0.25) is 5.91 Å². The van der Waals surface area contributed by atoms with Gasteiger partial charge in [-0.2, -0.15) is 0 Å². The predicted octanol–water partition coefficient (Wildman–Crippen LogP) is 1.36. The van der Waals surface area contributed by atoms with Gasteiger partial charge in [0.1, 0.15) is 0 Å². The fourth-order valence-corrected chi connectivity index (χ4v) is 3.18. The largest absolute Gasteiger partial charge is 0.397 e.